The van der Waals surface area contributed by atoms with Gasteiger partial charge in [-0.2, -0.15) is 43.9 Å². The van der Waals surface area contributed by atoms with Crippen LogP contribution in [0.15, 0.2) is 141 Å². The molecule has 0 radical (unpaired) electrons. The Hall–Kier alpha value is -4.43. The molecular formula is C71H78F10O6S2. The smallest absolute Gasteiger partial charge is 0.385 e. The maximum absolute atomic E-state index is 15.4. The molecule has 8 aliphatic carbocycles. The number of benzene rings is 4. The van der Waals surface area contributed by atoms with Crippen molar-refractivity contribution in [3.05, 3.63) is 142 Å². The van der Waals surface area contributed by atoms with Gasteiger partial charge in [-0.15, -0.1) is 23.5 Å². The highest BCUT2D eigenvalue weighted by Crippen LogP contribution is 2.73. The number of ether oxygens (including phenoxy) is 2. The van der Waals surface area contributed by atoms with Crippen LogP contribution in [0.3, 0.4) is 0 Å². The molecule has 1 spiro atoms. The van der Waals surface area contributed by atoms with E-state index in [-0.39, 0.29) is 55.1 Å². The van der Waals surface area contributed by atoms with E-state index < -0.39 is 94.1 Å². The van der Waals surface area contributed by atoms with Crippen molar-refractivity contribution in [1.29, 1.82) is 0 Å². The van der Waals surface area contributed by atoms with Crippen LogP contribution in [-0.4, -0.2) is 93.6 Å². The van der Waals surface area contributed by atoms with Crippen LogP contribution in [0, 0.1) is 39.9 Å². The van der Waals surface area contributed by atoms with Gasteiger partial charge in [0.2, 0.25) is 0 Å². The van der Waals surface area contributed by atoms with Crippen LogP contribution in [0.1, 0.15) is 147 Å². The van der Waals surface area contributed by atoms with E-state index in [2.05, 4.69) is 13.8 Å². The maximum atomic E-state index is 15.4. The van der Waals surface area contributed by atoms with Gasteiger partial charge in [-0.25, -0.2) is 0 Å². The summed E-state index contributed by atoms with van der Waals surface area (Å²) in [5, 5.41) is 35.4. The SMILES string of the molecule is CSc1ccc(-c2ccc([C@H]3C[C@@]4(C)C(CC[C@@]4(O)C(F)(F)C(F)(F)F)C4CCC5=CC(=O)CCC5=C43)cc2)cc1.CSc1ccc(-c2ccc([C@H]3C[C@@]4(C)C(CC[C@@]4(O)C(F)(F)C(F)(F)F)C4CC[C@@]5(O)CC6(CCC5=C43)OCC(C)(C)CO6)cc2)cc1. The second-order valence-corrected chi connectivity index (χ2v) is 30.1. The van der Waals surface area contributed by atoms with Crippen molar-refractivity contribution < 1.29 is 73.5 Å². The number of carbonyl (C=O) groups is 1. The summed E-state index contributed by atoms with van der Waals surface area (Å²) < 4.78 is 157. The van der Waals surface area contributed by atoms with E-state index in [0.29, 0.717) is 64.6 Å². The van der Waals surface area contributed by atoms with E-state index in [1.807, 2.05) is 110 Å². The monoisotopic (exact) mass is 1280 g/mol. The molecule has 4 aromatic rings. The van der Waals surface area contributed by atoms with Crippen molar-refractivity contribution in [2.75, 3.05) is 25.7 Å². The van der Waals surface area contributed by atoms with E-state index in [1.165, 1.54) is 13.8 Å². The summed E-state index contributed by atoms with van der Waals surface area (Å²) >= 11 is 3.29. The Balaban J connectivity index is 0.000000175. The van der Waals surface area contributed by atoms with Gasteiger partial charge in [-0.1, -0.05) is 112 Å². The second-order valence-electron chi connectivity index (χ2n) is 28.4. The first-order valence-electron chi connectivity index (χ1n) is 31.2. The molecule has 480 valence electrons. The largest absolute Gasteiger partial charge is 0.456 e. The lowest BCUT2D eigenvalue weighted by molar-refractivity contribution is -0.362. The summed E-state index contributed by atoms with van der Waals surface area (Å²) in [5.41, 5.74) is -0.712. The lowest BCUT2D eigenvalue weighted by Crippen LogP contribution is -2.65. The molecule has 0 amide bonds. The lowest BCUT2D eigenvalue weighted by Gasteiger charge is -2.59. The number of fused-ring (bicyclic) bond motifs is 8. The van der Waals surface area contributed by atoms with Gasteiger partial charge in [0.25, 0.3) is 0 Å². The molecule has 13 rings (SSSR count). The Labute approximate surface area is 522 Å². The number of halogens is 10. The summed E-state index contributed by atoms with van der Waals surface area (Å²) in [6, 6.07) is 31.9. The first-order valence-corrected chi connectivity index (χ1v) is 33.7. The van der Waals surface area contributed by atoms with Gasteiger partial charge in [0, 0.05) is 57.1 Å². The summed E-state index contributed by atoms with van der Waals surface area (Å²) in [7, 11) is 0. The van der Waals surface area contributed by atoms with Crippen LogP contribution in [0.4, 0.5) is 43.9 Å². The normalized spacial score (nSPS) is 34.1. The molecule has 6 nitrogen and oxygen atoms in total. The Bertz CT molecular complexity index is 3460. The zero-order valence-corrected chi connectivity index (χ0v) is 52.6. The summed E-state index contributed by atoms with van der Waals surface area (Å²) in [6.45, 7) is 8.03. The van der Waals surface area contributed by atoms with E-state index in [1.54, 1.807) is 29.6 Å². The van der Waals surface area contributed by atoms with Crippen LogP contribution in [-0.2, 0) is 14.3 Å². The van der Waals surface area contributed by atoms with E-state index in [0.717, 1.165) is 71.0 Å². The molecular weight excluding hydrogens is 1200 g/mol. The molecule has 6 fully saturated rings. The molecule has 4 aromatic carbocycles. The highest BCUT2D eigenvalue weighted by Gasteiger charge is 2.81. The first kappa shape index (κ1) is 64.7. The van der Waals surface area contributed by atoms with Crippen molar-refractivity contribution in [3.8, 4) is 22.3 Å². The van der Waals surface area contributed by atoms with E-state index in [4.69, 9.17) is 9.47 Å². The molecule has 9 aliphatic rings. The van der Waals surface area contributed by atoms with Gasteiger partial charge in [-0.3, -0.25) is 4.79 Å². The number of rotatable bonds is 8. The highest BCUT2D eigenvalue weighted by molar-refractivity contribution is 7.98. The number of ketones is 1. The molecule has 4 unspecified atom stereocenters. The van der Waals surface area contributed by atoms with Gasteiger partial charge in [-0.05, 0) is 194 Å². The Kier molecular flexibility index (Phi) is 16.3. The lowest BCUT2D eigenvalue weighted by atomic mass is 9.49. The van der Waals surface area contributed by atoms with Crippen molar-refractivity contribution in [2.24, 2.45) is 39.9 Å². The first-order chi connectivity index (χ1) is 41.7. The fourth-order valence-corrected chi connectivity index (χ4v) is 19.2. The van der Waals surface area contributed by atoms with Crippen molar-refractivity contribution in [2.45, 2.75) is 192 Å². The predicted molar refractivity (Wildman–Crippen MR) is 325 cm³/mol. The van der Waals surface area contributed by atoms with Gasteiger partial charge in [0.15, 0.2) is 11.6 Å². The van der Waals surface area contributed by atoms with Crippen LogP contribution in [0.2, 0.25) is 0 Å². The number of hydrogen-bond acceptors (Lipinski definition) is 8. The second kappa shape index (κ2) is 22.4. The zero-order valence-electron chi connectivity index (χ0n) is 51.0. The number of thioether (sulfide) groups is 2. The molecule has 5 saturated carbocycles. The zero-order chi connectivity index (χ0) is 63.9. The maximum Gasteiger partial charge on any atom is 0.456 e. The van der Waals surface area contributed by atoms with Crippen molar-refractivity contribution >= 4 is 29.3 Å². The molecule has 1 aliphatic heterocycles. The van der Waals surface area contributed by atoms with Gasteiger partial charge < -0.3 is 24.8 Å². The summed E-state index contributed by atoms with van der Waals surface area (Å²) in [6.07, 6.45) is -3.14. The minimum Gasteiger partial charge on any atom is -0.385 e. The third-order valence-electron chi connectivity index (χ3n) is 23.1. The fraction of sp³-hybridized carbons (Fsp3) is 0.563. The van der Waals surface area contributed by atoms with Gasteiger partial charge >= 0.3 is 24.2 Å². The van der Waals surface area contributed by atoms with E-state index >= 15 is 17.6 Å². The van der Waals surface area contributed by atoms with Gasteiger partial charge in [0.05, 0.1) is 18.8 Å². The number of allylic oxidation sites excluding steroid dienone is 5. The molecule has 11 atom stereocenters. The average molecular weight is 1280 g/mol. The van der Waals surface area contributed by atoms with Gasteiger partial charge in [0.1, 0.15) is 11.2 Å². The Morgan fingerprint density at radius 1 is 0.506 bits per heavy atom. The molecule has 0 bridgehead atoms. The number of aliphatic hydroxyl groups is 3. The Morgan fingerprint density at radius 2 is 0.933 bits per heavy atom. The van der Waals surface area contributed by atoms with Crippen LogP contribution >= 0.6 is 23.5 Å². The molecule has 18 heteroatoms. The minimum absolute atomic E-state index is 0.0157. The summed E-state index contributed by atoms with van der Waals surface area (Å²) in [4.78, 5) is 14.5. The standard InChI is InChI=1S/C38H45F5O4S.C33H33F5O2S/c1-32(2)21-46-35(47-22-32)17-14-30-31-27(13-16-34(30,44)20-35)29-15-18-36(45,37(39,40)38(41,42)43)33(29,3)19-28(31)25-7-5-23(6-8-25)24-9-11-26(48-4)12-10-24;1-30-18-27(21-5-3-19(4-6-21)20-7-11-24(41-2)12-8-20)29-25-14-10-23(39)17-22(25)9-13-26(29)28(30)15-16-31(30,40)32(34,35)33(36,37)38/h5-12,27-29,44-45H,13-22H2,1-4H3;3-8,11-12,17,26-28,40H,9-10,13-16,18H2,1-2H3/t27?,28-,29?,33+,34-,36+;26?,27-,28?,30+,31+/m11/s1. The third kappa shape index (κ3) is 10.4. The molecule has 89 heavy (non-hydrogen) atoms. The predicted octanol–water partition coefficient (Wildman–Crippen LogP) is 18.2. The molecule has 1 saturated heterocycles. The number of alkyl halides is 10. The highest BCUT2D eigenvalue weighted by atomic mass is 32.2. The van der Waals surface area contributed by atoms with Crippen molar-refractivity contribution in [1.82, 2.24) is 0 Å². The van der Waals surface area contributed by atoms with Crippen LogP contribution in [0.25, 0.3) is 22.3 Å². The van der Waals surface area contributed by atoms with Crippen molar-refractivity contribution in [3.63, 3.8) is 0 Å². The molecule has 3 N–H and O–H groups in total. The number of hydrogen-bond donors (Lipinski definition) is 3. The topological polar surface area (TPSA) is 96.2 Å². The Morgan fingerprint density at radius 3 is 1.37 bits per heavy atom. The minimum atomic E-state index is -5.89. The third-order valence-corrected chi connectivity index (χ3v) is 24.6. The van der Waals surface area contributed by atoms with Crippen LogP contribution < -0.4 is 0 Å². The molecule has 0 aromatic heterocycles. The fourth-order valence-electron chi connectivity index (χ4n) is 18.4. The molecule has 1 heterocycles. The van der Waals surface area contributed by atoms with E-state index in [9.17, 15) is 46.5 Å². The van der Waals surface area contributed by atoms with Crippen LogP contribution in [0.5, 0.6) is 0 Å². The average Bonchev–Trinajstić information content (AvgIpc) is 1.63. The number of carbonyl (C=O) groups excluding carboxylic acids is 1. The summed E-state index contributed by atoms with van der Waals surface area (Å²) in [5.74, 6) is -14.0. The quantitative estimate of drug-likeness (QED) is 0.0912.